The molecule has 0 radical (unpaired) electrons. The molecular weight excluding hydrogens is 719 g/mol. The van der Waals surface area contributed by atoms with Gasteiger partial charge in [0.05, 0.1) is 28.0 Å². The van der Waals surface area contributed by atoms with Gasteiger partial charge in [-0.1, -0.05) is 127 Å². The lowest BCUT2D eigenvalue weighted by atomic mass is 9.83. The number of aryl methyl sites for hydroxylation is 3. The summed E-state index contributed by atoms with van der Waals surface area (Å²) in [6.07, 6.45) is 1.86. The van der Waals surface area contributed by atoms with Crippen LogP contribution in [0.5, 0.6) is 5.75 Å². The predicted molar refractivity (Wildman–Crippen MR) is 249 cm³/mol. The minimum absolute atomic E-state index is 0.0836. The number of aromatic nitrogens is 3. The van der Waals surface area contributed by atoms with E-state index in [9.17, 15) is 5.11 Å². The van der Waals surface area contributed by atoms with E-state index >= 15 is 0 Å². The van der Waals surface area contributed by atoms with E-state index in [4.69, 9.17) is 15.5 Å². The van der Waals surface area contributed by atoms with Crippen LogP contribution in [0.1, 0.15) is 99.1 Å². The smallest absolute Gasteiger partial charge is 0.149 e. The number of phenolic OH excluding ortho intramolecular Hbond substituents is 1. The zero-order chi connectivity index (χ0) is 45.2. The summed E-state index contributed by atoms with van der Waals surface area (Å²) in [6, 6.07) is 42.5. The normalized spacial score (nSPS) is 13.3. The SMILES string of the molecule is [2H]C([2H])([2H])c1cc(-c2c(C(C)C)cccc2C([2H])(C)C)ccc1-n1c(-c2cc(C)cc(C)c2O)nc2c(-c3cc(-c4cc(-c5ccccc5)ccn4)cc(C(C)(C)C)c3)cccc21. The van der Waals surface area contributed by atoms with Crippen LogP contribution < -0.4 is 0 Å². The van der Waals surface area contributed by atoms with Crippen molar-refractivity contribution in [2.24, 2.45) is 0 Å². The molecule has 0 aliphatic rings. The number of phenols is 1. The minimum atomic E-state index is -2.54. The molecule has 4 nitrogen and oxygen atoms in total. The highest BCUT2D eigenvalue weighted by Gasteiger charge is 2.24. The summed E-state index contributed by atoms with van der Waals surface area (Å²) in [6.45, 7) is 15.9. The first-order valence-electron chi connectivity index (χ1n) is 22.5. The van der Waals surface area contributed by atoms with Crippen LogP contribution in [0.25, 0.3) is 72.7 Å². The van der Waals surface area contributed by atoms with Crippen molar-refractivity contribution >= 4 is 11.0 Å². The first kappa shape index (κ1) is 34.8. The van der Waals surface area contributed by atoms with Gasteiger partial charge in [-0.2, -0.15) is 0 Å². The molecule has 0 unspecified atom stereocenters. The molecule has 0 amide bonds. The van der Waals surface area contributed by atoms with Crippen molar-refractivity contribution in [1.29, 1.82) is 0 Å². The first-order valence-corrected chi connectivity index (χ1v) is 20.5. The highest BCUT2D eigenvalue weighted by molar-refractivity contribution is 5.97. The number of imidazole rings is 1. The van der Waals surface area contributed by atoms with Crippen LogP contribution in [0.2, 0.25) is 0 Å². The number of fused-ring (bicyclic) bond motifs is 1. The van der Waals surface area contributed by atoms with E-state index in [0.29, 0.717) is 33.7 Å². The predicted octanol–water partition coefficient (Wildman–Crippen LogP) is 14.9. The molecule has 0 atom stereocenters. The maximum atomic E-state index is 11.8. The number of rotatable bonds is 8. The second-order valence-corrected chi connectivity index (χ2v) is 17.4. The molecular formula is C55H55N3O. The fourth-order valence-electron chi connectivity index (χ4n) is 8.33. The number of pyridine rings is 1. The fourth-order valence-corrected chi connectivity index (χ4v) is 8.33. The van der Waals surface area contributed by atoms with Gasteiger partial charge in [0, 0.05) is 22.8 Å². The van der Waals surface area contributed by atoms with Gasteiger partial charge in [-0.25, -0.2) is 4.98 Å². The van der Waals surface area contributed by atoms with Gasteiger partial charge in [-0.05, 0) is 148 Å². The van der Waals surface area contributed by atoms with Crippen LogP contribution in [0.4, 0.5) is 0 Å². The standard InChI is InChI=1S/C55H55N3O/c1-33(2)44-18-14-19-45(34(3)4)51(44)40-22-23-49(36(6)28-40)58-50-21-15-20-46(52(50)57-54(58)47-27-35(5)26-37(7)53(47)59)41-29-42(31-43(30-41)55(8,9)10)48-32-39(24-25-56-48)38-16-12-11-13-17-38/h11-34,59H,1-10H3/i6D3,33D. The van der Waals surface area contributed by atoms with Gasteiger partial charge < -0.3 is 5.11 Å². The topological polar surface area (TPSA) is 50.9 Å². The van der Waals surface area contributed by atoms with Gasteiger partial charge in [0.1, 0.15) is 11.6 Å². The van der Waals surface area contributed by atoms with E-state index in [1.165, 1.54) is 0 Å². The molecule has 0 spiro atoms. The van der Waals surface area contributed by atoms with Crippen LogP contribution in [0.15, 0.2) is 134 Å². The van der Waals surface area contributed by atoms with E-state index in [1.54, 1.807) is 6.07 Å². The molecule has 0 bridgehead atoms. The van der Waals surface area contributed by atoms with E-state index in [-0.39, 0.29) is 22.6 Å². The van der Waals surface area contributed by atoms with E-state index in [0.717, 1.165) is 66.9 Å². The average molecular weight is 778 g/mol. The average Bonchev–Trinajstić information content (AvgIpc) is 3.63. The zero-order valence-corrected chi connectivity index (χ0v) is 35.6. The number of aromatic hydroxyl groups is 1. The van der Waals surface area contributed by atoms with Crippen molar-refractivity contribution < 1.29 is 10.6 Å². The summed E-state index contributed by atoms with van der Waals surface area (Å²) in [4.78, 5) is 10.3. The number of hydrogen-bond donors (Lipinski definition) is 1. The lowest BCUT2D eigenvalue weighted by Crippen LogP contribution is -2.11. The number of nitrogens with zero attached hydrogens (tertiary/aromatic N) is 3. The summed E-state index contributed by atoms with van der Waals surface area (Å²) in [7, 11) is 0. The Labute approximate surface area is 355 Å². The molecule has 0 saturated heterocycles. The summed E-state index contributed by atoms with van der Waals surface area (Å²) < 4.78 is 38.1. The molecule has 1 N–H and O–H groups in total. The molecule has 59 heavy (non-hydrogen) atoms. The molecule has 0 aliphatic heterocycles. The van der Waals surface area contributed by atoms with E-state index in [1.807, 2.05) is 111 Å². The molecule has 8 rings (SSSR count). The van der Waals surface area contributed by atoms with Crippen LogP contribution >= 0.6 is 0 Å². The maximum Gasteiger partial charge on any atom is 0.149 e. The Morgan fingerprint density at radius 2 is 1.41 bits per heavy atom. The molecule has 296 valence electrons. The minimum Gasteiger partial charge on any atom is -0.507 e. The summed E-state index contributed by atoms with van der Waals surface area (Å²) >= 11 is 0. The fraction of sp³-hybridized carbons (Fsp3) is 0.236. The number of para-hydroxylation sites is 1. The van der Waals surface area contributed by atoms with Gasteiger partial charge in [-0.3, -0.25) is 9.55 Å². The third kappa shape index (κ3) is 7.49. The summed E-state index contributed by atoms with van der Waals surface area (Å²) in [5.41, 5.74) is 14.3. The van der Waals surface area contributed by atoms with Crippen molar-refractivity contribution in [2.45, 2.75) is 86.4 Å². The Bertz CT molecular complexity index is 3020. The summed E-state index contributed by atoms with van der Waals surface area (Å²) in [5, 5.41) is 11.8. The highest BCUT2D eigenvalue weighted by Crippen LogP contribution is 2.43. The molecule has 0 aliphatic carbocycles. The highest BCUT2D eigenvalue weighted by atomic mass is 16.3. The van der Waals surface area contributed by atoms with Gasteiger partial charge in [0.25, 0.3) is 0 Å². The Hall–Kier alpha value is -6.26. The Balaban J connectivity index is 1.42. The Kier molecular flexibility index (Phi) is 9.12. The molecule has 4 heteroatoms. The van der Waals surface area contributed by atoms with E-state index < -0.39 is 12.7 Å². The third-order valence-electron chi connectivity index (χ3n) is 11.4. The second-order valence-electron chi connectivity index (χ2n) is 17.4. The third-order valence-corrected chi connectivity index (χ3v) is 11.4. The van der Waals surface area contributed by atoms with Gasteiger partial charge in [-0.15, -0.1) is 0 Å². The molecule has 2 aromatic heterocycles. The van der Waals surface area contributed by atoms with Crippen molar-refractivity contribution in [3.8, 4) is 67.5 Å². The van der Waals surface area contributed by atoms with Crippen LogP contribution in [-0.4, -0.2) is 19.6 Å². The lowest BCUT2D eigenvalue weighted by Gasteiger charge is -2.22. The summed E-state index contributed by atoms with van der Waals surface area (Å²) in [5.74, 6) is -0.288. The molecule has 0 fully saturated rings. The van der Waals surface area contributed by atoms with Gasteiger partial charge in [0.2, 0.25) is 0 Å². The van der Waals surface area contributed by atoms with Gasteiger partial charge >= 0.3 is 0 Å². The number of hydrogen-bond acceptors (Lipinski definition) is 3. The van der Waals surface area contributed by atoms with Crippen molar-refractivity contribution in [2.75, 3.05) is 0 Å². The van der Waals surface area contributed by atoms with Crippen molar-refractivity contribution in [3.63, 3.8) is 0 Å². The van der Waals surface area contributed by atoms with Crippen LogP contribution in [0.3, 0.4) is 0 Å². The largest absolute Gasteiger partial charge is 0.507 e. The Morgan fingerprint density at radius 3 is 2.14 bits per heavy atom. The van der Waals surface area contributed by atoms with Gasteiger partial charge in [0.15, 0.2) is 0 Å². The molecule has 2 heterocycles. The maximum absolute atomic E-state index is 11.8. The van der Waals surface area contributed by atoms with Crippen LogP contribution in [0, 0.1) is 20.7 Å². The van der Waals surface area contributed by atoms with E-state index in [2.05, 4.69) is 83.1 Å². The zero-order valence-electron chi connectivity index (χ0n) is 39.6. The van der Waals surface area contributed by atoms with Crippen molar-refractivity contribution in [1.82, 2.24) is 14.5 Å². The molecule has 0 saturated carbocycles. The Morgan fingerprint density at radius 1 is 0.661 bits per heavy atom. The monoisotopic (exact) mass is 777 g/mol. The quantitative estimate of drug-likeness (QED) is 0.167. The first-order chi connectivity index (χ1) is 29.7. The van der Waals surface area contributed by atoms with Crippen LogP contribution in [-0.2, 0) is 5.41 Å². The molecule has 6 aromatic carbocycles. The lowest BCUT2D eigenvalue weighted by molar-refractivity contribution is 0.472. The van der Waals surface area contributed by atoms with Crippen molar-refractivity contribution in [3.05, 3.63) is 167 Å². The second kappa shape index (κ2) is 15.5. The molecule has 8 aromatic rings. The number of benzene rings is 6.